The van der Waals surface area contributed by atoms with E-state index in [1.54, 1.807) is 6.08 Å². The van der Waals surface area contributed by atoms with Crippen molar-refractivity contribution in [2.45, 2.75) is 13.8 Å². The van der Waals surface area contributed by atoms with Gasteiger partial charge < -0.3 is 4.74 Å². The van der Waals surface area contributed by atoms with Crippen LogP contribution in [0.2, 0.25) is 0 Å². The standard InChI is InChI=1S/C13H15NO2S/c1-5-7-8-10(6-2)12-9(3)11(14-17-12)13(15)16-4/h5-8H,1H2,2-4H3/b8-7-,10-6+. The van der Waals surface area contributed by atoms with Crippen molar-refractivity contribution in [2.24, 2.45) is 0 Å². The molecule has 1 heterocycles. The molecule has 0 radical (unpaired) electrons. The van der Waals surface area contributed by atoms with Crippen LogP contribution in [0.25, 0.3) is 5.57 Å². The van der Waals surface area contributed by atoms with Crippen molar-refractivity contribution in [3.63, 3.8) is 0 Å². The Morgan fingerprint density at radius 1 is 1.53 bits per heavy atom. The molecule has 1 aromatic rings. The molecule has 1 aromatic heterocycles. The van der Waals surface area contributed by atoms with Crippen LogP contribution in [0.1, 0.15) is 27.9 Å². The van der Waals surface area contributed by atoms with Crippen LogP contribution >= 0.6 is 11.5 Å². The van der Waals surface area contributed by atoms with E-state index in [1.165, 1.54) is 18.6 Å². The van der Waals surface area contributed by atoms with E-state index in [-0.39, 0.29) is 0 Å². The quantitative estimate of drug-likeness (QED) is 0.606. The molecule has 1 rings (SSSR count). The Morgan fingerprint density at radius 2 is 2.24 bits per heavy atom. The Morgan fingerprint density at radius 3 is 2.76 bits per heavy atom. The van der Waals surface area contributed by atoms with Gasteiger partial charge in [-0.3, -0.25) is 0 Å². The van der Waals surface area contributed by atoms with Gasteiger partial charge in [0.25, 0.3) is 0 Å². The first-order chi connectivity index (χ1) is 8.15. The second kappa shape index (κ2) is 6.15. The van der Waals surface area contributed by atoms with Gasteiger partial charge in [-0.2, -0.15) is 4.37 Å². The highest BCUT2D eigenvalue weighted by Crippen LogP contribution is 2.27. The van der Waals surface area contributed by atoms with Crippen molar-refractivity contribution in [2.75, 3.05) is 7.11 Å². The van der Waals surface area contributed by atoms with Gasteiger partial charge in [-0.15, -0.1) is 0 Å². The molecule has 0 unspecified atom stereocenters. The van der Waals surface area contributed by atoms with Crippen molar-refractivity contribution in [1.29, 1.82) is 0 Å². The lowest BCUT2D eigenvalue weighted by Gasteiger charge is -2.00. The van der Waals surface area contributed by atoms with Gasteiger partial charge in [0.05, 0.1) is 12.0 Å². The molecule has 0 aliphatic rings. The maximum Gasteiger partial charge on any atom is 0.358 e. The first-order valence-corrected chi connectivity index (χ1v) is 5.93. The van der Waals surface area contributed by atoms with Crippen molar-refractivity contribution in [1.82, 2.24) is 4.37 Å². The highest BCUT2D eigenvalue weighted by atomic mass is 32.1. The third kappa shape index (κ3) is 2.91. The number of carbonyl (C=O) groups is 1. The lowest BCUT2D eigenvalue weighted by Crippen LogP contribution is -2.03. The molecule has 0 amide bonds. The second-order valence-electron chi connectivity index (χ2n) is 3.32. The Labute approximate surface area is 105 Å². The highest BCUT2D eigenvalue weighted by Gasteiger charge is 2.17. The summed E-state index contributed by atoms with van der Waals surface area (Å²) in [6.07, 6.45) is 7.48. The summed E-state index contributed by atoms with van der Waals surface area (Å²) in [6, 6.07) is 0. The first kappa shape index (κ1) is 13.4. The van der Waals surface area contributed by atoms with Gasteiger partial charge in [-0.1, -0.05) is 30.9 Å². The van der Waals surface area contributed by atoms with Crippen LogP contribution in [-0.4, -0.2) is 17.5 Å². The molecule has 3 nitrogen and oxygen atoms in total. The van der Waals surface area contributed by atoms with Gasteiger partial charge in [0.2, 0.25) is 0 Å². The lowest BCUT2D eigenvalue weighted by atomic mass is 10.1. The average Bonchev–Trinajstić information content (AvgIpc) is 2.72. The number of carbonyl (C=O) groups excluding carboxylic acids is 1. The molecule has 90 valence electrons. The summed E-state index contributed by atoms with van der Waals surface area (Å²) >= 11 is 1.30. The van der Waals surface area contributed by atoms with Crippen molar-refractivity contribution < 1.29 is 9.53 Å². The van der Waals surface area contributed by atoms with Crippen LogP contribution in [0.15, 0.2) is 30.9 Å². The van der Waals surface area contributed by atoms with Gasteiger partial charge in [0, 0.05) is 5.56 Å². The zero-order valence-corrected chi connectivity index (χ0v) is 11.0. The van der Waals surface area contributed by atoms with Crippen molar-refractivity contribution in [3.8, 4) is 0 Å². The smallest absolute Gasteiger partial charge is 0.358 e. The summed E-state index contributed by atoms with van der Waals surface area (Å²) in [6.45, 7) is 7.44. The van der Waals surface area contributed by atoms with Crippen LogP contribution in [0.3, 0.4) is 0 Å². The number of esters is 1. The molecule has 0 N–H and O–H groups in total. The average molecular weight is 249 g/mol. The molecule has 0 saturated heterocycles. The third-order valence-electron chi connectivity index (χ3n) is 2.29. The first-order valence-electron chi connectivity index (χ1n) is 5.16. The maximum absolute atomic E-state index is 11.4. The molecule has 0 saturated carbocycles. The fraction of sp³-hybridized carbons (Fsp3) is 0.231. The molecule has 0 aliphatic heterocycles. The maximum atomic E-state index is 11.4. The van der Waals surface area contributed by atoms with E-state index in [2.05, 4.69) is 15.7 Å². The van der Waals surface area contributed by atoms with Crippen molar-refractivity contribution >= 4 is 23.1 Å². The number of nitrogens with zero attached hydrogens (tertiary/aromatic N) is 1. The molecule has 0 aromatic carbocycles. The molecule has 0 bridgehead atoms. The second-order valence-corrected chi connectivity index (χ2v) is 4.09. The number of ether oxygens (including phenoxy) is 1. The monoisotopic (exact) mass is 249 g/mol. The van der Waals surface area contributed by atoms with E-state index in [0.717, 1.165) is 16.0 Å². The largest absolute Gasteiger partial charge is 0.464 e. The SMILES string of the molecule is C=C/C=C\C(=C/C)c1snc(C(=O)OC)c1C. The van der Waals surface area contributed by atoms with Gasteiger partial charge in [-0.05, 0) is 31.0 Å². The van der Waals surface area contributed by atoms with Crippen LogP contribution in [0, 0.1) is 6.92 Å². The zero-order chi connectivity index (χ0) is 12.8. The minimum Gasteiger partial charge on any atom is -0.464 e. The Hall–Kier alpha value is -1.68. The molecule has 0 aliphatic carbocycles. The van der Waals surface area contributed by atoms with Crippen LogP contribution in [-0.2, 0) is 4.74 Å². The summed E-state index contributed by atoms with van der Waals surface area (Å²) < 4.78 is 8.81. The normalized spacial score (nSPS) is 11.8. The number of rotatable bonds is 4. The molecule has 0 spiro atoms. The number of methoxy groups -OCH3 is 1. The Kier molecular flexibility index (Phi) is 4.84. The minimum atomic E-state index is -0.395. The van der Waals surface area contributed by atoms with Gasteiger partial charge >= 0.3 is 5.97 Å². The zero-order valence-electron chi connectivity index (χ0n) is 10.2. The molecule has 4 heteroatoms. The summed E-state index contributed by atoms with van der Waals surface area (Å²) in [5.74, 6) is -0.395. The summed E-state index contributed by atoms with van der Waals surface area (Å²) in [5, 5.41) is 0. The van der Waals surface area contributed by atoms with E-state index >= 15 is 0 Å². The number of allylic oxidation sites excluding steroid dienone is 5. The van der Waals surface area contributed by atoms with Crippen molar-refractivity contribution in [3.05, 3.63) is 47.0 Å². The number of aromatic nitrogens is 1. The minimum absolute atomic E-state index is 0.388. The predicted molar refractivity (Wildman–Crippen MR) is 71.2 cm³/mol. The number of hydrogen-bond donors (Lipinski definition) is 0. The van der Waals surface area contributed by atoms with Crippen LogP contribution in [0.4, 0.5) is 0 Å². The summed E-state index contributed by atoms with van der Waals surface area (Å²) in [5.41, 5.74) is 2.26. The van der Waals surface area contributed by atoms with Gasteiger partial charge in [0.1, 0.15) is 0 Å². The van der Waals surface area contributed by atoms with Crippen LogP contribution in [0.5, 0.6) is 0 Å². The van der Waals surface area contributed by atoms with E-state index in [4.69, 9.17) is 0 Å². The van der Waals surface area contributed by atoms with Gasteiger partial charge in [-0.25, -0.2) is 4.79 Å². The van der Waals surface area contributed by atoms with E-state index in [1.807, 2.05) is 32.1 Å². The summed E-state index contributed by atoms with van der Waals surface area (Å²) in [4.78, 5) is 12.4. The fourth-order valence-electron chi connectivity index (χ4n) is 1.37. The van der Waals surface area contributed by atoms with E-state index in [0.29, 0.717) is 5.69 Å². The lowest BCUT2D eigenvalue weighted by molar-refractivity contribution is 0.0594. The summed E-state index contributed by atoms with van der Waals surface area (Å²) in [7, 11) is 1.36. The molecular weight excluding hydrogens is 234 g/mol. The number of hydrogen-bond acceptors (Lipinski definition) is 4. The molecular formula is C13H15NO2S. The Balaban J connectivity index is 3.15. The molecule has 0 atom stereocenters. The predicted octanol–water partition coefficient (Wildman–Crippen LogP) is 3.38. The highest BCUT2D eigenvalue weighted by molar-refractivity contribution is 7.07. The Bertz CT molecular complexity index is 484. The van der Waals surface area contributed by atoms with Gasteiger partial charge in [0.15, 0.2) is 5.69 Å². The fourth-order valence-corrected chi connectivity index (χ4v) is 2.29. The van der Waals surface area contributed by atoms with E-state index in [9.17, 15) is 4.79 Å². The van der Waals surface area contributed by atoms with Crippen LogP contribution < -0.4 is 0 Å². The molecule has 17 heavy (non-hydrogen) atoms. The molecule has 0 fully saturated rings. The van der Waals surface area contributed by atoms with E-state index < -0.39 is 5.97 Å². The topological polar surface area (TPSA) is 39.2 Å². The third-order valence-corrected chi connectivity index (χ3v) is 3.29.